The zero-order valence-electron chi connectivity index (χ0n) is 8.78. The van der Waals surface area contributed by atoms with E-state index in [4.69, 9.17) is 6.42 Å². The highest BCUT2D eigenvalue weighted by Gasteiger charge is 2.34. The van der Waals surface area contributed by atoms with Crippen LogP contribution < -0.4 is 0 Å². The molecular weight excluding hydrogens is 188 g/mol. The Balaban J connectivity index is 2.30. The third kappa shape index (κ3) is 1.75. The molecule has 0 heterocycles. The summed E-state index contributed by atoms with van der Waals surface area (Å²) in [5.74, 6) is 2.55. The Kier molecular flexibility index (Phi) is 2.75. The highest BCUT2D eigenvalue weighted by molar-refractivity contribution is 5.36. The van der Waals surface area contributed by atoms with Gasteiger partial charge in [-0.3, -0.25) is 4.90 Å². The fourth-order valence-corrected chi connectivity index (χ4v) is 2.28. The first-order valence-electron chi connectivity index (χ1n) is 5.09. The first kappa shape index (κ1) is 10.2. The van der Waals surface area contributed by atoms with Crippen molar-refractivity contribution in [3.05, 3.63) is 35.4 Å². The topological polar surface area (TPSA) is 3.24 Å². The van der Waals surface area contributed by atoms with Crippen LogP contribution in [-0.2, 0) is 6.42 Å². The lowest BCUT2D eigenvalue weighted by atomic mass is 10.1. The van der Waals surface area contributed by atoms with Crippen LogP contribution in [0.25, 0.3) is 0 Å². The van der Waals surface area contributed by atoms with Gasteiger partial charge in [0, 0.05) is 6.42 Å². The third-order valence-electron chi connectivity index (χ3n) is 2.95. The Morgan fingerprint density at radius 2 is 2.27 bits per heavy atom. The van der Waals surface area contributed by atoms with E-state index in [-0.39, 0.29) is 6.04 Å². The van der Waals surface area contributed by atoms with Crippen molar-refractivity contribution in [1.82, 2.24) is 4.90 Å². The molecule has 0 amide bonds. The van der Waals surface area contributed by atoms with Crippen molar-refractivity contribution in [2.24, 2.45) is 0 Å². The molecule has 1 nitrogen and oxygen atoms in total. The molecule has 15 heavy (non-hydrogen) atoms. The number of hydrogen-bond acceptors (Lipinski definition) is 1. The number of alkyl halides is 1. The summed E-state index contributed by atoms with van der Waals surface area (Å²) < 4.78 is 13.8. The normalized spacial score (nSPS) is 23.9. The summed E-state index contributed by atoms with van der Waals surface area (Å²) in [6.45, 7) is 0.486. The first-order valence-corrected chi connectivity index (χ1v) is 5.09. The summed E-state index contributed by atoms with van der Waals surface area (Å²) in [4.78, 5) is 1.90. The third-order valence-corrected chi connectivity index (χ3v) is 2.95. The van der Waals surface area contributed by atoms with E-state index in [9.17, 15) is 4.39 Å². The van der Waals surface area contributed by atoms with Crippen LogP contribution in [0.2, 0.25) is 0 Å². The lowest BCUT2D eigenvalue weighted by Crippen LogP contribution is -2.29. The van der Waals surface area contributed by atoms with Crippen molar-refractivity contribution >= 4 is 0 Å². The van der Waals surface area contributed by atoms with Crippen molar-refractivity contribution in [2.45, 2.75) is 18.6 Å². The summed E-state index contributed by atoms with van der Waals surface area (Å²) in [7, 11) is 1.87. The number of benzene rings is 1. The van der Waals surface area contributed by atoms with Crippen LogP contribution in [0.5, 0.6) is 0 Å². The highest BCUT2D eigenvalue weighted by atomic mass is 18.2. The minimum absolute atomic E-state index is 0.169. The molecule has 1 aromatic carbocycles. The van der Waals surface area contributed by atoms with Gasteiger partial charge in [0.1, 0.15) is 6.17 Å². The molecular formula is C13H14FN. The van der Waals surface area contributed by atoms with Gasteiger partial charge in [0.15, 0.2) is 0 Å². The van der Waals surface area contributed by atoms with E-state index in [1.165, 1.54) is 0 Å². The molecule has 2 atom stereocenters. The Hall–Kier alpha value is -1.33. The molecule has 0 fully saturated rings. The second kappa shape index (κ2) is 4.04. The van der Waals surface area contributed by atoms with Gasteiger partial charge in [-0.2, -0.15) is 0 Å². The highest BCUT2D eigenvalue weighted by Crippen LogP contribution is 2.36. The van der Waals surface area contributed by atoms with E-state index in [1.54, 1.807) is 0 Å². The molecule has 0 aromatic heterocycles. The zero-order valence-corrected chi connectivity index (χ0v) is 8.78. The van der Waals surface area contributed by atoms with Crippen LogP contribution in [0, 0.1) is 12.3 Å². The number of nitrogens with zero attached hydrogens (tertiary/aromatic N) is 1. The van der Waals surface area contributed by atoms with Crippen LogP contribution in [0.1, 0.15) is 17.2 Å². The predicted octanol–water partition coefficient (Wildman–Crippen LogP) is 2.19. The van der Waals surface area contributed by atoms with Crippen LogP contribution in [0.3, 0.4) is 0 Å². The quantitative estimate of drug-likeness (QED) is 0.664. The number of halogens is 1. The summed E-state index contributed by atoms with van der Waals surface area (Å²) >= 11 is 0. The number of fused-ring (bicyclic) bond motifs is 1. The summed E-state index contributed by atoms with van der Waals surface area (Å²) in [5, 5.41) is 0. The average molecular weight is 202 g/mol. The minimum Gasteiger partial charge on any atom is -0.285 e. The van der Waals surface area contributed by atoms with Crippen LogP contribution in [0.4, 0.5) is 4.39 Å². The molecule has 0 N–H and O–H groups in total. The Bertz CT molecular complexity index is 394. The SMILES string of the molecule is C#CCN(C)C1c2ccccc2CC1[18F]. The Morgan fingerprint density at radius 3 is 3.00 bits per heavy atom. The van der Waals surface area contributed by atoms with Gasteiger partial charge in [-0.1, -0.05) is 30.2 Å². The minimum atomic E-state index is -0.833. The van der Waals surface area contributed by atoms with Crippen LogP contribution in [-0.4, -0.2) is 24.7 Å². The second-order valence-electron chi connectivity index (χ2n) is 3.98. The van der Waals surface area contributed by atoms with Gasteiger partial charge in [-0.05, 0) is 18.2 Å². The summed E-state index contributed by atoms with van der Waals surface area (Å²) in [6, 6.07) is 7.72. The van der Waals surface area contributed by atoms with Gasteiger partial charge in [0.25, 0.3) is 0 Å². The molecule has 0 saturated heterocycles. The summed E-state index contributed by atoms with van der Waals surface area (Å²) in [6.07, 6.45) is 4.93. The molecule has 1 aliphatic carbocycles. The molecule has 0 saturated carbocycles. The molecule has 2 rings (SSSR count). The maximum Gasteiger partial charge on any atom is 0.124 e. The number of terminal acetylenes is 1. The molecule has 1 aromatic rings. The average Bonchev–Trinajstić information content (AvgIpc) is 2.54. The van der Waals surface area contributed by atoms with Crippen LogP contribution >= 0.6 is 0 Å². The van der Waals surface area contributed by atoms with Gasteiger partial charge in [-0.15, -0.1) is 6.42 Å². The van der Waals surface area contributed by atoms with Gasteiger partial charge < -0.3 is 0 Å². The van der Waals surface area contributed by atoms with Crippen molar-refractivity contribution in [2.75, 3.05) is 13.6 Å². The van der Waals surface area contributed by atoms with E-state index >= 15 is 0 Å². The van der Waals surface area contributed by atoms with E-state index in [2.05, 4.69) is 5.92 Å². The van der Waals surface area contributed by atoms with Gasteiger partial charge >= 0.3 is 0 Å². The van der Waals surface area contributed by atoms with Crippen LogP contribution in [0.15, 0.2) is 24.3 Å². The van der Waals surface area contributed by atoms with E-state index in [0.717, 1.165) is 11.1 Å². The number of hydrogen-bond donors (Lipinski definition) is 0. The predicted molar refractivity (Wildman–Crippen MR) is 59.2 cm³/mol. The summed E-state index contributed by atoms with van der Waals surface area (Å²) in [5.41, 5.74) is 2.20. The zero-order chi connectivity index (χ0) is 10.8. The monoisotopic (exact) mass is 202 g/mol. The van der Waals surface area contributed by atoms with E-state index < -0.39 is 6.17 Å². The lowest BCUT2D eigenvalue weighted by Gasteiger charge is -2.24. The van der Waals surface area contributed by atoms with Crippen molar-refractivity contribution in [1.29, 1.82) is 0 Å². The smallest absolute Gasteiger partial charge is 0.124 e. The molecule has 2 unspecified atom stereocenters. The Morgan fingerprint density at radius 1 is 1.53 bits per heavy atom. The largest absolute Gasteiger partial charge is 0.285 e. The van der Waals surface area contributed by atoms with E-state index in [0.29, 0.717) is 13.0 Å². The maximum absolute atomic E-state index is 13.8. The molecule has 78 valence electrons. The molecule has 0 spiro atoms. The standard InChI is InChI=1S/C13H14FN/c1-3-8-15(2)13-11-7-5-4-6-10(11)9-12(13)14/h1,4-7,12-13H,8-9H2,2H3/i14-1. The fourth-order valence-electron chi connectivity index (χ4n) is 2.28. The fraction of sp³-hybridized carbons (Fsp3) is 0.385. The maximum atomic E-state index is 13.8. The van der Waals surface area contributed by atoms with Gasteiger partial charge in [0.05, 0.1) is 12.6 Å². The lowest BCUT2D eigenvalue weighted by molar-refractivity contribution is 0.164. The Labute approximate surface area is 89.9 Å². The molecule has 0 aliphatic heterocycles. The molecule has 0 bridgehead atoms. The molecule has 2 heteroatoms. The second-order valence-corrected chi connectivity index (χ2v) is 3.98. The van der Waals surface area contributed by atoms with Gasteiger partial charge in [-0.25, -0.2) is 4.39 Å². The first-order chi connectivity index (χ1) is 7.24. The molecule has 0 radical (unpaired) electrons. The number of rotatable bonds is 2. The van der Waals surface area contributed by atoms with Crippen molar-refractivity contribution in [3.8, 4) is 12.3 Å². The van der Waals surface area contributed by atoms with Crippen molar-refractivity contribution in [3.63, 3.8) is 0 Å². The van der Waals surface area contributed by atoms with Crippen molar-refractivity contribution < 1.29 is 4.39 Å². The van der Waals surface area contributed by atoms with Gasteiger partial charge in [0.2, 0.25) is 0 Å². The van der Waals surface area contributed by atoms with E-state index in [1.807, 2.05) is 36.2 Å². The molecule has 1 aliphatic rings.